The first-order chi connectivity index (χ1) is 12.2. The normalized spacial score (nSPS) is 15.6. The highest BCUT2D eigenvalue weighted by Gasteiger charge is 2.24. The summed E-state index contributed by atoms with van der Waals surface area (Å²) < 4.78 is 5.70. The predicted molar refractivity (Wildman–Crippen MR) is 98.8 cm³/mol. The molecular formula is C20H19ClN2O2. The lowest BCUT2D eigenvalue weighted by Gasteiger charge is -2.34. The van der Waals surface area contributed by atoms with Gasteiger partial charge in [0.15, 0.2) is 5.76 Å². The van der Waals surface area contributed by atoms with E-state index in [0.717, 1.165) is 35.6 Å². The van der Waals surface area contributed by atoms with Crippen LogP contribution in [0.5, 0.6) is 0 Å². The van der Waals surface area contributed by atoms with E-state index in [2.05, 4.69) is 11.0 Å². The summed E-state index contributed by atoms with van der Waals surface area (Å²) >= 11 is 6.05. The number of carbonyl (C=O) groups is 1. The Kier molecular flexibility index (Phi) is 4.47. The molecular weight excluding hydrogens is 336 g/mol. The molecule has 1 aromatic heterocycles. The molecule has 0 unspecified atom stereocenters. The fourth-order valence-electron chi connectivity index (χ4n) is 3.25. The van der Waals surface area contributed by atoms with Gasteiger partial charge >= 0.3 is 0 Å². The topological polar surface area (TPSA) is 36.7 Å². The van der Waals surface area contributed by atoms with E-state index in [4.69, 9.17) is 16.0 Å². The minimum absolute atomic E-state index is 0.0291. The van der Waals surface area contributed by atoms with Crippen molar-refractivity contribution in [1.29, 1.82) is 0 Å². The fraction of sp³-hybridized carbons (Fsp3) is 0.250. The molecule has 0 spiro atoms. The van der Waals surface area contributed by atoms with Gasteiger partial charge in [0.05, 0.1) is 0 Å². The van der Waals surface area contributed by atoms with E-state index in [1.165, 1.54) is 5.56 Å². The van der Waals surface area contributed by atoms with Gasteiger partial charge in [-0.3, -0.25) is 9.69 Å². The second-order valence-corrected chi connectivity index (χ2v) is 6.78. The van der Waals surface area contributed by atoms with Crippen LogP contribution in [0.2, 0.25) is 5.02 Å². The van der Waals surface area contributed by atoms with Crippen molar-refractivity contribution in [3.63, 3.8) is 0 Å². The Labute approximate surface area is 151 Å². The molecule has 0 bridgehead atoms. The Morgan fingerprint density at radius 3 is 2.56 bits per heavy atom. The number of hydrogen-bond acceptors (Lipinski definition) is 3. The molecule has 25 heavy (non-hydrogen) atoms. The molecule has 128 valence electrons. The molecule has 1 aliphatic heterocycles. The van der Waals surface area contributed by atoms with E-state index < -0.39 is 0 Å². The molecule has 2 heterocycles. The maximum Gasteiger partial charge on any atom is 0.289 e. The van der Waals surface area contributed by atoms with Gasteiger partial charge in [0, 0.05) is 43.1 Å². The number of nitrogens with zero attached hydrogens (tertiary/aromatic N) is 2. The van der Waals surface area contributed by atoms with Crippen LogP contribution in [0.3, 0.4) is 0 Å². The van der Waals surface area contributed by atoms with E-state index in [1.54, 1.807) is 0 Å². The van der Waals surface area contributed by atoms with E-state index in [-0.39, 0.29) is 5.91 Å². The van der Waals surface area contributed by atoms with Crippen LogP contribution in [0.15, 0.2) is 59.0 Å². The second-order valence-electron chi connectivity index (χ2n) is 6.35. The molecule has 0 saturated carbocycles. The first-order valence-corrected chi connectivity index (χ1v) is 8.81. The molecule has 1 amide bonds. The fourth-order valence-corrected chi connectivity index (χ4v) is 3.46. The predicted octanol–water partition coefficient (Wildman–Crippen LogP) is 4.04. The van der Waals surface area contributed by atoms with Crippen molar-refractivity contribution >= 4 is 28.5 Å². The average molecular weight is 355 g/mol. The summed E-state index contributed by atoms with van der Waals surface area (Å²) in [6, 6.07) is 17.5. The summed E-state index contributed by atoms with van der Waals surface area (Å²) in [6.07, 6.45) is 0. The van der Waals surface area contributed by atoms with Crippen molar-refractivity contribution in [2.75, 3.05) is 26.2 Å². The Hall–Kier alpha value is -2.30. The zero-order chi connectivity index (χ0) is 17.2. The van der Waals surface area contributed by atoms with E-state index in [1.807, 2.05) is 53.4 Å². The summed E-state index contributed by atoms with van der Waals surface area (Å²) in [5.41, 5.74) is 1.95. The Morgan fingerprint density at radius 1 is 1.00 bits per heavy atom. The lowest BCUT2D eigenvalue weighted by atomic mass is 10.2. The number of carbonyl (C=O) groups excluding carboxylic acids is 1. The quantitative estimate of drug-likeness (QED) is 0.712. The highest BCUT2D eigenvalue weighted by Crippen LogP contribution is 2.21. The standard InChI is InChI=1S/C20H19ClN2O2/c21-17-6-3-4-15(12-17)14-22-8-10-23(11-9-22)20(24)19-13-16-5-1-2-7-18(16)25-19/h1-7,12-13H,8-11,14H2. The number of fused-ring (bicyclic) bond motifs is 1. The zero-order valence-corrected chi connectivity index (χ0v) is 14.6. The van der Waals surface area contributed by atoms with Crippen LogP contribution >= 0.6 is 11.6 Å². The molecule has 4 nitrogen and oxygen atoms in total. The Bertz CT molecular complexity index is 864. The summed E-state index contributed by atoms with van der Waals surface area (Å²) in [7, 11) is 0. The number of piperazine rings is 1. The van der Waals surface area contributed by atoms with Crippen molar-refractivity contribution in [1.82, 2.24) is 9.80 Å². The van der Waals surface area contributed by atoms with E-state index in [0.29, 0.717) is 18.8 Å². The van der Waals surface area contributed by atoms with Gasteiger partial charge in [-0.15, -0.1) is 0 Å². The number of furan rings is 1. The van der Waals surface area contributed by atoms with Crippen LogP contribution < -0.4 is 0 Å². The Morgan fingerprint density at radius 2 is 1.80 bits per heavy atom. The number of amides is 1. The molecule has 0 radical (unpaired) electrons. The van der Waals surface area contributed by atoms with Crippen LogP contribution in [0.1, 0.15) is 16.1 Å². The monoisotopic (exact) mass is 354 g/mol. The van der Waals surface area contributed by atoms with Gasteiger partial charge in [-0.25, -0.2) is 0 Å². The van der Waals surface area contributed by atoms with Crippen molar-refractivity contribution in [3.05, 3.63) is 70.9 Å². The van der Waals surface area contributed by atoms with Crippen LogP contribution in [-0.4, -0.2) is 41.9 Å². The minimum atomic E-state index is -0.0291. The van der Waals surface area contributed by atoms with Gasteiger partial charge in [-0.05, 0) is 29.8 Å². The lowest BCUT2D eigenvalue weighted by Crippen LogP contribution is -2.48. The SMILES string of the molecule is O=C(c1cc2ccccc2o1)N1CCN(Cc2cccc(Cl)c2)CC1. The Balaban J connectivity index is 1.38. The van der Waals surface area contributed by atoms with Gasteiger partial charge < -0.3 is 9.32 Å². The maximum atomic E-state index is 12.7. The smallest absolute Gasteiger partial charge is 0.289 e. The zero-order valence-electron chi connectivity index (χ0n) is 13.8. The van der Waals surface area contributed by atoms with Gasteiger partial charge in [-0.2, -0.15) is 0 Å². The third kappa shape index (κ3) is 3.55. The van der Waals surface area contributed by atoms with Crippen molar-refractivity contribution in [2.24, 2.45) is 0 Å². The lowest BCUT2D eigenvalue weighted by molar-refractivity contribution is 0.0600. The molecule has 3 aromatic rings. The maximum absolute atomic E-state index is 12.7. The van der Waals surface area contributed by atoms with Gasteiger partial charge in [0.1, 0.15) is 5.58 Å². The first-order valence-electron chi connectivity index (χ1n) is 8.44. The van der Waals surface area contributed by atoms with Crippen LogP contribution in [-0.2, 0) is 6.54 Å². The van der Waals surface area contributed by atoms with Crippen LogP contribution in [0.4, 0.5) is 0 Å². The van der Waals surface area contributed by atoms with Gasteiger partial charge in [0.25, 0.3) is 5.91 Å². The number of hydrogen-bond donors (Lipinski definition) is 0. The summed E-state index contributed by atoms with van der Waals surface area (Å²) in [5.74, 6) is 0.392. The van der Waals surface area contributed by atoms with Gasteiger partial charge in [-0.1, -0.05) is 41.9 Å². The molecule has 1 aliphatic rings. The van der Waals surface area contributed by atoms with Crippen LogP contribution in [0.25, 0.3) is 11.0 Å². The number of halogens is 1. The summed E-state index contributed by atoms with van der Waals surface area (Å²) in [5, 5.41) is 1.72. The summed E-state index contributed by atoms with van der Waals surface area (Å²) in [4.78, 5) is 16.9. The largest absolute Gasteiger partial charge is 0.451 e. The van der Waals surface area contributed by atoms with Crippen molar-refractivity contribution in [3.8, 4) is 0 Å². The molecule has 0 N–H and O–H groups in total. The average Bonchev–Trinajstić information content (AvgIpc) is 3.06. The number of benzene rings is 2. The molecule has 0 aliphatic carbocycles. The first kappa shape index (κ1) is 16.2. The molecule has 0 atom stereocenters. The molecule has 4 rings (SSSR count). The molecule has 1 saturated heterocycles. The third-order valence-electron chi connectivity index (χ3n) is 4.59. The number of rotatable bonds is 3. The highest BCUT2D eigenvalue weighted by molar-refractivity contribution is 6.30. The van der Waals surface area contributed by atoms with Crippen molar-refractivity contribution < 1.29 is 9.21 Å². The van der Waals surface area contributed by atoms with Crippen molar-refractivity contribution in [2.45, 2.75) is 6.54 Å². The minimum Gasteiger partial charge on any atom is -0.451 e. The summed E-state index contributed by atoms with van der Waals surface area (Å²) in [6.45, 7) is 3.96. The molecule has 5 heteroatoms. The van der Waals surface area contributed by atoms with E-state index >= 15 is 0 Å². The van der Waals surface area contributed by atoms with Crippen LogP contribution in [0, 0.1) is 0 Å². The highest BCUT2D eigenvalue weighted by atomic mass is 35.5. The van der Waals surface area contributed by atoms with E-state index in [9.17, 15) is 4.79 Å². The van der Waals surface area contributed by atoms with Gasteiger partial charge in [0.2, 0.25) is 0 Å². The number of para-hydroxylation sites is 1. The second kappa shape index (κ2) is 6.90. The molecule has 1 fully saturated rings. The molecule has 2 aromatic carbocycles. The third-order valence-corrected chi connectivity index (χ3v) is 4.83.